The summed E-state index contributed by atoms with van der Waals surface area (Å²) < 4.78 is 0. The molecule has 1 aliphatic rings. The van der Waals surface area contributed by atoms with Crippen LogP contribution in [0.25, 0.3) is 22.4 Å². The minimum Gasteiger partial charge on any atom is -0.366 e. The van der Waals surface area contributed by atoms with Gasteiger partial charge in [0.1, 0.15) is 17.0 Å². The fourth-order valence-electron chi connectivity index (χ4n) is 4.08. The van der Waals surface area contributed by atoms with Crippen LogP contribution in [0.2, 0.25) is 0 Å². The van der Waals surface area contributed by atoms with Crippen LogP contribution >= 0.6 is 0 Å². The number of hydrogen-bond donors (Lipinski definition) is 2. The molecule has 0 aliphatic carbocycles. The molecule has 1 aliphatic heterocycles. The number of amides is 3. The highest BCUT2D eigenvalue weighted by atomic mass is 16.2. The van der Waals surface area contributed by atoms with Gasteiger partial charge in [-0.15, -0.1) is 0 Å². The molecule has 0 radical (unpaired) electrons. The van der Waals surface area contributed by atoms with Crippen LogP contribution in [0.1, 0.15) is 31.2 Å². The van der Waals surface area contributed by atoms with Crippen molar-refractivity contribution < 1.29 is 14.4 Å². The Morgan fingerprint density at radius 3 is 2.18 bits per heavy atom. The van der Waals surface area contributed by atoms with Gasteiger partial charge in [-0.25, -0.2) is 4.98 Å². The first-order valence-electron chi connectivity index (χ1n) is 10.9. The molecule has 9 heteroatoms. The zero-order valence-corrected chi connectivity index (χ0v) is 18.3. The fourth-order valence-corrected chi connectivity index (χ4v) is 4.08. The molecule has 1 fully saturated rings. The molecule has 2 aromatic carbocycles. The summed E-state index contributed by atoms with van der Waals surface area (Å²) in [5, 5.41) is 0. The monoisotopic (exact) mass is 454 g/mol. The maximum absolute atomic E-state index is 13.0. The molecule has 2 aromatic heterocycles. The third-order valence-electron chi connectivity index (χ3n) is 5.92. The number of benzene rings is 2. The van der Waals surface area contributed by atoms with Crippen molar-refractivity contribution in [3.63, 3.8) is 0 Å². The van der Waals surface area contributed by atoms with E-state index in [0.29, 0.717) is 59.9 Å². The standard InChI is InChI=1S/C25H22N6O3/c26-22(32)18-4-3-6-19-21(18)29-23(28-19)16-7-9-17(10-8-16)24(33)30-12-14-31(15-13-30)25(34)20-5-1-2-11-27-20/h1-11H,12-15H2,(H2,26,32)(H,28,29). The number of rotatable bonds is 4. The van der Waals surface area contributed by atoms with Gasteiger partial charge in [0.15, 0.2) is 0 Å². The summed E-state index contributed by atoms with van der Waals surface area (Å²) in [6, 6.07) is 17.6. The van der Waals surface area contributed by atoms with Crippen molar-refractivity contribution in [2.75, 3.05) is 26.2 Å². The van der Waals surface area contributed by atoms with E-state index in [0.717, 1.165) is 5.56 Å². The molecule has 0 unspecified atom stereocenters. The summed E-state index contributed by atoms with van der Waals surface area (Å²) in [7, 11) is 0. The Morgan fingerprint density at radius 2 is 1.53 bits per heavy atom. The maximum Gasteiger partial charge on any atom is 0.272 e. The average molecular weight is 454 g/mol. The Bertz CT molecular complexity index is 1370. The van der Waals surface area contributed by atoms with Crippen LogP contribution in [0.3, 0.4) is 0 Å². The summed E-state index contributed by atoms with van der Waals surface area (Å²) >= 11 is 0. The Labute approximate surface area is 195 Å². The number of carbonyl (C=O) groups is 3. The molecule has 4 aromatic rings. The van der Waals surface area contributed by atoms with Gasteiger partial charge in [0, 0.05) is 43.5 Å². The maximum atomic E-state index is 13.0. The highest BCUT2D eigenvalue weighted by molar-refractivity contribution is 6.04. The van der Waals surface area contributed by atoms with Gasteiger partial charge in [-0.05, 0) is 36.4 Å². The molecule has 9 nitrogen and oxygen atoms in total. The second kappa shape index (κ2) is 8.78. The minimum absolute atomic E-state index is 0.0860. The Hall–Kier alpha value is -4.53. The van der Waals surface area contributed by atoms with Crippen molar-refractivity contribution in [1.29, 1.82) is 0 Å². The summed E-state index contributed by atoms with van der Waals surface area (Å²) in [5.41, 5.74) is 8.78. The third kappa shape index (κ3) is 3.99. The van der Waals surface area contributed by atoms with Crippen LogP contribution in [0, 0.1) is 0 Å². The third-order valence-corrected chi connectivity index (χ3v) is 5.92. The van der Waals surface area contributed by atoms with Crippen molar-refractivity contribution in [3.8, 4) is 11.4 Å². The second-order valence-electron chi connectivity index (χ2n) is 8.03. The number of nitrogens with two attached hydrogens (primary N) is 1. The number of hydrogen-bond acceptors (Lipinski definition) is 5. The van der Waals surface area contributed by atoms with Gasteiger partial charge in [0.25, 0.3) is 17.7 Å². The van der Waals surface area contributed by atoms with Crippen LogP contribution in [-0.4, -0.2) is 68.7 Å². The fraction of sp³-hybridized carbons (Fsp3) is 0.160. The van der Waals surface area contributed by atoms with Crippen LogP contribution in [0.5, 0.6) is 0 Å². The van der Waals surface area contributed by atoms with Gasteiger partial charge >= 0.3 is 0 Å². The highest BCUT2D eigenvalue weighted by Gasteiger charge is 2.26. The van der Waals surface area contributed by atoms with Gasteiger partial charge < -0.3 is 20.5 Å². The van der Waals surface area contributed by atoms with Crippen molar-refractivity contribution in [2.24, 2.45) is 5.73 Å². The van der Waals surface area contributed by atoms with E-state index in [1.165, 1.54) is 0 Å². The molecule has 3 N–H and O–H groups in total. The number of fused-ring (bicyclic) bond motifs is 1. The lowest BCUT2D eigenvalue weighted by Crippen LogP contribution is -2.50. The lowest BCUT2D eigenvalue weighted by Gasteiger charge is -2.34. The highest BCUT2D eigenvalue weighted by Crippen LogP contribution is 2.23. The largest absolute Gasteiger partial charge is 0.366 e. The normalized spacial score (nSPS) is 13.8. The van der Waals surface area contributed by atoms with E-state index in [9.17, 15) is 14.4 Å². The Kier molecular flexibility index (Phi) is 5.51. The van der Waals surface area contributed by atoms with Crippen molar-refractivity contribution in [3.05, 3.63) is 83.7 Å². The Balaban J connectivity index is 1.27. The number of aromatic nitrogens is 3. The smallest absolute Gasteiger partial charge is 0.272 e. The quantitative estimate of drug-likeness (QED) is 0.490. The molecule has 1 saturated heterocycles. The molecule has 0 bridgehead atoms. The number of piperazine rings is 1. The van der Waals surface area contributed by atoms with Gasteiger partial charge in [0.2, 0.25) is 0 Å². The number of nitrogens with one attached hydrogen (secondary N) is 1. The van der Waals surface area contributed by atoms with E-state index in [1.54, 1.807) is 58.5 Å². The molecule has 5 rings (SSSR count). The number of para-hydroxylation sites is 1. The summed E-state index contributed by atoms with van der Waals surface area (Å²) in [5.74, 6) is -0.157. The Morgan fingerprint density at radius 1 is 0.824 bits per heavy atom. The number of nitrogens with zero attached hydrogens (tertiary/aromatic N) is 4. The van der Waals surface area contributed by atoms with Gasteiger partial charge in [-0.2, -0.15) is 0 Å². The molecule has 34 heavy (non-hydrogen) atoms. The molecule has 0 saturated carbocycles. The van der Waals surface area contributed by atoms with Crippen LogP contribution < -0.4 is 5.73 Å². The van der Waals surface area contributed by atoms with Crippen LogP contribution in [0.15, 0.2) is 66.9 Å². The van der Waals surface area contributed by atoms with E-state index in [-0.39, 0.29) is 11.8 Å². The molecule has 0 spiro atoms. The van der Waals surface area contributed by atoms with Crippen LogP contribution in [0.4, 0.5) is 0 Å². The molecule has 170 valence electrons. The zero-order chi connectivity index (χ0) is 23.7. The van der Waals surface area contributed by atoms with Crippen LogP contribution in [-0.2, 0) is 0 Å². The zero-order valence-electron chi connectivity index (χ0n) is 18.3. The topological polar surface area (TPSA) is 125 Å². The lowest BCUT2D eigenvalue weighted by molar-refractivity contribution is 0.0532. The van der Waals surface area contributed by atoms with Crippen molar-refractivity contribution >= 4 is 28.8 Å². The average Bonchev–Trinajstić information content (AvgIpc) is 3.33. The number of imidazole rings is 1. The van der Waals surface area contributed by atoms with E-state index in [2.05, 4.69) is 15.0 Å². The minimum atomic E-state index is -0.536. The molecule has 0 atom stereocenters. The van der Waals surface area contributed by atoms with Crippen molar-refractivity contribution in [1.82, 2.24) is 24.8 Å². The lowest BCUT2D eigenvalue weighted by atomic mass is 10.1. The molecule has 3 amide bonds. The SMILES string of the molecule is NC(=O)c1cccc2[nH]c(-c3ccc(C(=O)N4CCN(C(=O)c5ccccn5)CC4)cc3)nc12. The number of aromatic amines is 1. The van der Waals surface area contributed by atoms with Crippen molar-refractivity contribution in [2.45, 2.75) is 0 Å². The van der Waals surface area contributed by atoms with E-state index in [1.807, 2.05) is 18.2 Å². The predicted octanol–water partition coefficient (Wildman–Crippen LogP) is 2.32. The second-order valence-corrected chi connectivity index (χ2v) is 8.03. The number of pyridine rings is 1. The predicted molar refractivity (Wildman–Crippen MR) is 126 cm³/mol. The molecular formula is C25H22N6O3. The first-order valence-corrected chi connectivity index (χ1v) is 10.9. The van der Waals surface area contributed by atoms with E-state index < -0.39 is 5.91 Å². The van der Waals surface area contributed by atoms with E-state index in [4.69, 9.17) is 5.73 Å². The summed E-state index contributed by atoms with van der Waals surface area (Å²) in [6.45, 7) is 1.83. The molecular weight excluding hydrogens is 432 g/mol. The first-order chi connectivity index (χ1) is 16.5. The van der Waals surface area contributed by atoms with Gasteiger partial charge in [0.05, 0.1) is 11.1 Å². The van der Waals surface area contributed by atoms with E-state index >= 15 is 0 Å². The van der Waals surface area contributed by atoms with Gasteiger partial charge in [-0.3, -0.25) is 19.4 Å². The van der Waals surface area contributed by atoms with Gasteiger partial charge in [-0.1, -0.05) is 24.3 Å². The number of primary amides is 1. The summed E-state index contributed by atoms with van der Waals surface area (Å²) in [4.78, 5) is 52.5. The first kappa shape index (κ1) is 21.3. The summed E-state index contributed by atoms with van der Waals surface area (Å²) in [6.07, 6.45) is 1.60. The molecule has 3 heterocycles. The number of carbonyl (C=O) groups excluding carboxylic acids is 3. The number of H-pyrrole nitrogens is 1.